The van der Waals surface area contributed by atoms with Gasteiger partial charge in [-0.1, -0.05) is 18.5 Å². The van der Waals surface area contributed by atoms with Gasteiger partial charge in [0.25, 0.3) is 0 Å². The third-order valence-corrected chi connectivity index (χ3v) is 3.82. The van der Waals surface area contributed by atoms with E-state index in [9.17, 15) is 9.59 Å². The zero-order valence-electron chi connectivity index (χ0n) is 12.4. The molecule has 114 valence electrons. The molecule has 0 aromatic carbocycles. The van der Waals surface area contributed by atoms with Gasteiger partial charge in [0.2, 0.25) is 11.8 Å². The first-order chi connectivity index (χ1) is 9.39. The Balaban J connectivity index is 2.90. The van der Waals surface area contributed by atoms with Crippen LogP contribution in [0.5, 0.6) is 0 Å². The summed E-state index contributed by atoms with van der Waals surface area (Å²) < 4.78 is 0. The van der Waals surface area contributed by atoms with Crippen molar-refractivity contribution in [2.24, 2.45) is 16.3 Å². The molecule has 0 atom stereocenters. The fourth-order valence-corrected chi connectivity index (χ4v) is 2.34. The average molecular weight is 284 g/mol. The number of carbonyl (C=O) groups excluding carboxylic acids is 2. The summed E-state index contributed by atoms with van der Waals surface area (Å²) in [5.41, 5.74) is 4.78. The van der Waals surface area contributed by atoms with Gasteiger partial charge >= 0.3 is 0 Å². The molecule has 0 saturated heterocycles. The lowest BCUT2D eigenvalue weighted by Gasteiger charge is -2.42. The van der Waals surface area contributed by atoms with Crippen molar-refractivity contribution >= 4 is 17.6 Å². The Labute approximate surface area is 119 Å². The summed E-state index contributed by atoms with van der Waals surface area (Å²) in [4.78, 5) is 27.5. The van der Waals surface area contributed by atoms with Crippen molar-refractivity contribution in [1.82, 2.24) is 9.80 Å². The Morgan fingerprint density at radius 1 is 1.35 bits per heavy atom. The summed E-state index contributed by atoms with van der Waals surface area (Å²) in [7, 11) is 3.30. The Hall–Kier alpha value is -1.79. The highest BCUT2D eigenvalue weighted by molar-refractivity contribution is 6.08. The van der Waals surface area contributed by atoms with Crippen LogP contribution in [0.4, 0.5) is 0 Å². The molecule has 0 heterocycles. The monoisotopic (exact) mass is 284 g/mol. The van der Waals surface area contributed by atoms with Gasteiger partial charge in [-0.2, -0.15) is 0 Å². The summed E-state index contributed by atoms with van der Waals surface area (Å²) in [6, 6.07) is 0. The fraction of sp³-hybridized carbons (Fsp3) is 0.769. The molecule has 0 spiro atoms. The second-order valence-electron chi connectivity index (χ2n) is 5.44. The van der Waals surface area contributed by atoms with Gasteiger partial charge in [0.1, 0.15) is 5.41 Å². The molecule has 1 aliphatic rings. The van der Waals surface area contributed by atoms with Crippen LogP contribution >= 0.6 is 0 Å². The van der Waals surface area contributed by atoms with Crippen molar-refractivity contribution in [2.45, 2.75) is 32.6 Å². The van der Waals surface area contributed by atoms with Crippen molar-refractivity contribution < 1.29 is 14.8 Å². The maximum atomic E-state index is 12.7. The van der Waals surface area contributed by atoms with Crippen molar-refractivity contribution in [2.75, 3.05) is 27.2 Å². The van der Waals surface area contributed by atoms with Crippen LogP contribution in [0.25, 0.3) is 0 Å². The summed E-state index contributed by atoms with van der Waals surface area (Å²) in [5.74, 6) is -0.399. The number of amides is 2. The van der Waals surface area contributed by atoms with E-state index in [4.69, 9.17) is 10.9 Å². The standard InChI is InChI=1S/C13H24N4O3/c1-4-8-17(9-10(18)16(2)3)12(19)13(6-5-7-13)11(14)15-20/h20H,4-9H2,1-3H3,(H2,14,15). The maximum Gasteiger partial charge on any atom is 0.241 e. The molecule has 2 amide bonds. The van der Waals surface area contributed by atoms with E-state index in [1.165, 1.54) is 9.80 Å². The predicted octanol–water partition coefficient (Wildman–Crippen LogP) is 0.230. The summed E-state index contributed by atoms with van der Waals surface area (Å²) >= 11 is 0. The topological polar surface area (TPSA) is 99.2 Å². The molecule has 0 aliphatic heterocycles. The molecule has 1 fully saturated rings. The first-order valence-electron chi connectivity index (χ1n) is 6.86. The number of likely N-dealkylation sites (N-methyl/N-ethyl adjacent to an activating group) is 1. The van der Waals surface area contributed by atoms with Crippen LogP contribution in [-0.2, 0) is 9.59 Å². The Kier molecular flexibility index (Phi) is 5.35. The van der Waals surface area contributed by atoms with Crippen LogP contribution in [0.1, 0.15) is 32.6 Å². The minimum Gasteiger partial charge on any atom is -0.409 e. The quantitative estimate of drug-likeness (QED) is 0.315. The van der Waals surface area contributed by atoms with Gasteiger partial charge in [-0.05, 0) is 19.3 Å². The molecule has 0 aromatic heterocycles. The number of carbonyl (C=O) groups is 2. The smallest absolute Gasteiger partial charge is 0.241 e. The van der Waals surface area contributed by atoms with Crippen LogP contribution in [0.3, 0.4) is 0 Å². The lowest BCUT2D eigenvalue weighted by molar-refractivity contribution is -0.146. The van der Waals surface area contributed by atoms with Gasteiger partial charge in [0.15, 0.2) is 5.84 Å². The van der Waals surface area contributed by atoms with Crippen molar-refractivity contribution in [3.63, 3.8) is 0 Å². The van der Waals surface area contributed by atoms with Crippen molar-refractivity contribution in [1.29, 1.82) is 0 Å². The van der Waals surface area contributed by atoms with Gasteiger partial charge < -0.3 is 20.7 Å². The van der Waals surface area contributed by atoms with Crippen LogP contribution in [0, 0.1) is 5.41 Å². The molecule has 7 heteroatoms. The van der Waals surface area contributed by atoms with E-state index in [2.05, 4.69) is 5.16 Å². The Bertz CT molecular complexity index is 402. The van der Waals surface area contributed by atoms with E-state index in [0.717, 1.165) is 12.8 Å². The van der Waals surface area contributed by atoms with Crippen LogP contribution in [-0.4, -0.2) is 59.8 Å². The van der Waals surface area contributed by atoms with Gasteiger partial charge in [-0.3, -0.25) is 9.59 Å². The van der Waals surface area contributed by atoms with Crippen LogP contribution < -0.4 is 5.73 Å². The normalized spacial score (nSPS) is 17.2. The number of hydrogen-bond donors (Lipinski definition) is 2. The number of nitrogens with two attached hydrogens (primary N) is 1. The molecule has 0 unspecified atom stereocenters. The highest BCUT2D eigenvalue weighted by Gasteiger charge is 2.50. The van der Waals surface area contributed by atoms with E-state index in [1.54, 1.807) is 14.1 Å². The zero-order valence-corrected chi connectivity index (χ0v) is 12.4. The highest BCUT2D eigenvalue weighted by atomic mass is 16.4. The zero-order chi connectivity index (χ0) is 15.3. The number of amidine groups is 1. The molecule has 0 aromatic rings. The average Bonchev–Trinajstić information content (AvgIpc) is 2.36. The molecular weight excluding hydrogens is 260 g/mol. The molecule has 1 aliphatic carbocycles. The minimum atomic E-state index is -0.920. The number of hydrogen-bond acceptors (Lipinski definition) is 4. The first-order valence-corrected chi connectivity index (χ1v) is 6.86. The second kappa shape index (κ2) is 6.58. The van der Waals surface area contributed by atoms with E-state index >= 15 is 0 Å². The van der Waals surface area contributed by atoms with Gasteiger partial charge in [-0.25, -0.2) is 0 Å². The molecule has 20 heavy (non-hydrogen) atoms. The summed E-state index contributed by atoms with van der Waals surface area (Å²) in [6.45, 7) is 2.45. The largest absolute Gasteiger partial charge is 0.409 e. The Morgan fingerprint density at radius 2 is 1.95 bits per heavy atom. The van der Waals surface area contributed by atoms with Crippen molar-refractivity contribution in [3.8, 4) is 0 Å². The van der Waals surface area contributed by atoms with E-state index < -0.39 is 5.41 Å². The van der Waals surface area contributed by atoms with Crippen LogP contribution in [0.15, 0.2) is 5.16 Å². The van der Waals surface area contributed by atoms with Gasteiger partial charge in [-0.15, -0.1) is 0 Å². The summed E-state index contributed by atoms with van der Waals surface area (Å²) in [5, 5.41) is 11.9. The fourth-order valence-electron chi connectivity index (χ4n) is 2.34. The molecule has 0 radical (unpaired) electrons. The van der Waals surface area contributed by atoms with E-state index in [1.807, 2.05) is 6.92 Å². The van der Waals surface area contributed by atoms with E-state index in [0.29, 0.717) is 19.4 Å². The second-order valence-corrected chi connectivity index (χ2v) is 5.44. The number of nitrogens with zero attached hydrogens (tertiary/aromatic N) is 3. The lowest BCUT2D eigenvalue weighted by atomic mass is 9.66. The maximum absolute atomic E-state index is 12.7. The van der Waals surface area contributed by atoms with Crippen LogP contribution in [0.2, 0.25) is 0 Å². The molecule has 3 N–H and O–H groups in total. The molecular formula is C13H24N4O3. The van der Waals surface area contributed by atoms with Gasteiger partial charge in [0, 0.05) is 20.6 Å². The van der Waals surface area contributed by atoms with E-state index in [-0.39, 0.29) is 24.2 Å². The molecule has 7 nitrogen and oxygen atoms in total. The molecule has 0 bridgehead atoms. The molecule has 1 saturated carbocycles. The summed E-state index contributed by atoms with van der Waals surface area (Å²) in [6.07, 6.45) is 2.75. The third-order valence-electron chi connectivity index (χ3n) is 3.82. The third kappa shape index (κ3) is 3.02. The highest BCUT2D eigenvalue weighted by Crippen LogP contribution is 2.42. The predicted molar refractivity (Wildman–Crippen MR) is 75.3 cm³/mol. The minimum absolute atomic E-state index is 0.0279. The molecule has 1 rings (SSSR count). The first kappa shape index (κ1) is 16.3. The number of rotatable bonds is 6. The van der Waals surface area contributed by atoms with Gasteiger partial charge in [0.05, 0.1) is 6.54 Å². The van der Waals surface area contributed by atoms with Crippen molar-refractivity contribution in [3.05, 3.63) is 0 Å². The Morgan fingerprint density at radius 3 is 2.30 bits per heavy atom. The SMILES string of the molecule is CCCN(CC(=O)N(C)C)C(=O)C1(C(N)=NO)CCC1. The number of oxime groups is 1. The lowest BCUT2D eigenvalue weighted by Crippen LogP contribution is -2.56.